The minimum absolute atomic E-state index is 0.343. The van der Waals surface area contributed by atoms with Crippen molar-refractivity contribution in [2.75, 3.05) is 11.1 Å². The lowest BCUT2D eigenvalue weighted by molar-refractivity contribution is 0.102. The fourth-order valence-corrected chi connectivity index (χ4v) is 3.48. The molecule has 2 aromatic carbocycles. The van der Waals surface area contributed by atoms with E-state index in [0.717, 1.165) is 4.47 Å². The summed E-state index contributed by atoms with van der Waals surface area (Å²) in [6.07, 6.45) is 0. The zero-order valence-electron chi connectivity index (χ0n) is 9.88. The number of halogens is 4. The molecule has 0 saturated carbocycles. The number of amides is 1. The molecular formula is C13H8Br2Cl2N2O. The van der Waals surface area contributed by atoms with Gasteiger partial charge in [0.2, 0.25) is 0 Å². The van der Waals surface area contributed by atoms with Gasteiger partial charge in [0, 0.05) is 24.6 Å². The maximum absolute atomic E-state index is 12.2. The number of hydrogen-bond donors (Lipinski definition) is 2. The Morgan fingerprint density at radius 2 is 1.65 bits per heavy atom. The van der Waals surface area contributed by atoms with Crippen molar-refractivity contribution in [3.05, 3.63) is 54.9 Å². The summed E-state index contributed by atoms with van der Waals surface area (Å²) >= 11 is 18.4. The standard InChI is InChI=1S/C13H8Br2Cl2N2O/c14-7-3-10(15)12(11(18)4-7)19-13(20)6-1-8(16)5-9(17)2-6/h1-5H,18H2,(H,19,20). The van der Waals surface area contributed by atoms with Crippen LogP contribution in [0.15, 0.2) is 39.3 Å². The van der Waals surface area contributed by atoms with Gasteiger partial charge < -0.3 is 11.1 Å². The number of anilines is 2. The minimum Gasteiger partial charge on any atom is -0.397 e. The van der Waals surface area contributed by atoms with Crippen LogP contribution in [0.5, 0.6) is 0 Å². The average Bonchev–Trinajstić information content (AvgIpc) is 2.32. The van der Waals surface area contributed by atoms with Gasteiger partial charge in [0.1, 0.15) is 0 Å². The number of nitrogen functional groups attached to an aromatic ring is 1. The van der Waals surface area contributed by atoms with E-state index in [9.17, 15) is 4.79 Å². The molecule has 0 atom stereocenters. The van der Waals surface area contributed by atoms with Gasteiger partial charge in [-0.3, -0.25) is 4.79 Å². The molecule has 0 spiro atoms. The van der Waals surface area contributed by atoms with Gasteiger partial charge in [-0.1, -0.05) is 39.1 Å². The Morgan fingerprint density at radius 3 is 2.20 bits per heavy atom. The highest BCUT2D eigenvalue weighted by Crippen LogP contribution is 2.33. The second kappa shape index (κ2) is 6.35. The maximum atomic E-state index is 12.2. The monoisotopic (exact) mass is 436 g/mol. The largest absolute Gasteiger partial charge is 0.397 e. The molecule has 0 aliphatic rings. The molecule has 2 rings (SSSR count). The van der Waals surface area contributed by atoms with Crippen molar-refractivity contribution < 1.29 is 4.79 Å². The van der Waals surface area contributed by atoms with E-state index in [4.69, 9.17) is 28.9 Å². The van der Waals surface area contributed by atoms with Crippen LogP contribution in [0.2, 0.25) is 10.0 Å². The van der Waals surface area contributed by atoms with Crippen molar-refractivity contribution in [1.82, 2.24) is 0 Å². The van der Waals surface area contributed by atoms with Gasteiger partial charge in [0.25, 0.3) is 5.91 Å². The van der Waals surface area contributed by atoms with Crippen LogP contribution >= 0.6 is 55.1 Å². The summed E-state index contributed by atoms with van der Waals surface area (Å²) in [5.74, 6) is -0.343. The predicted molar refractivity (Wildman–Crippen MR) is 90.7 cm³/mol. The Morgan fingerprint density at radius 1 is 1.05 bits per heavy atom. The van der Waals surface area contributed by atoms with Crippen LogP contribution in [0.4, 0.5) is 11.4 Å². The summed E-state index contributed by atoms with van der Waals surface area (Å²) in [4.78, 5) is 12.2. The van der Waals surface area contributed by atoms with Crippen molar-refractivity contribution in [1.29, 1.82) is 0 Å². The van der Waals surface area contributed by atoms with Crippen molar-refractivity contribution >= 4 is 72.3 Å². The minimum atomic E-state index is -0.343. The molecule has 0 unspecified atom stereocenters. The molecule has 20 heavy (non-hydrogen) atoms. The lowest BCUT2D eigenvalue weighted by atomic mass is 10.2. The molecular weight excluding hydrogens is 431 g/mol. The van der Waals surface area contributed by atoms with Gasteiger partial charge in [-0.05, 0) is 46.3 Å². The highest BCUT2D eigenvalue weighted by Gasteiger charge is 2.13. The number of benzene rings is 2. The topological polar surface area (TPSA) is 55.1 Å². The van der Waals surface area contributed by atoms with Crippen molar-refractivity contribution in [2.24, 2.45) is 0 Å². The number of hydrogen-bond acceptors (Lipinski definition) is 2. The molecule has 0 fully saturated rings. The first kappa shape index (κ1) is 15.6. The maximum Gasteiger partial charge on any atom is 0.255 e. The molecule has 3 nitrogen and oxygen atoms in total. The van der Waals surface area contributed by atoms with Crippen LogP contribution in [-0.4, -0.2) is 5.91 Å². The van der Waals surface area contributed by atoms with E-state index in [2.05, 4.69) is 37.2 Å². The summed E-state index contributed by atoms with van der Waals surface area (Å²) in [6.45, 7) is 0. The van der Waals surface area contributed by atoms with Crippen molar-refractivity contribution in [2.45, 2.75) is 0 Å². The van der Waals surface area contributed by atoms with E-state index in [0.29, 0.717) is 31.5 Å². The van der Waals surface area contributed by atoms with Crippen LogP contribution in [0.25, 0.3) is 0 Å². The molecule has 1 amide bonds. The average molecular weight is 439 g/mol. The summed E-state index contributed by atoms with van der Waals surface area (Å²) in [7, 11) is 0. The molecule has 0 heterocycles. The zero-order chi connectivity index (χ0) is 14.9. The molecule has 0 aliphatic heterocycles. The lowest BCUT2D eigenvalue weighted by Crippen LogP contribution is -2.13. The van der Waals surface area contributed by atoms with E-state index in [1.54, 1.807) is 18.2 Å². The number of nitrogens with one attached hydrogen (secondary N) is 1. The third-order valence-corrected chi connectivity index (χ3v) is 3.97. The zero-order valence-corrected chi connectivity index (χ0v) is 14.6. The molecule has 3 N–H and O–H groups in total. The Kier molecular flexibility index (Phi) is 4.96. The normalized spacial score (nSPS) is 10.4. The lowest BCUT2D eigenvalue weighted by Gasteiger charge is -2.11. The van der Waals surface area contributed by atoms with Gasteiger partial charge in [0.05, 0.1) is 11.4 Å². The molecule has 0 aromatic heterocycles. The predicted octanol–water partition coefficient (Wildman–Crippen LogP) is 5.35. The molecule has 0 aliphatic carbocycles. The van der Waals surface area contributed by atoms with Crippen LogP contribution in [0, 0.1) is 0 Å². The Hall–Kier alpha value is -0.750. The van der Waals surface area contributed by atoms with E-state index >= 15 is 0 Å². The van der Waals surface area contributed by atoms with Crippen LogP contribution in [0.3, 0.4) is 0 Å². The number of nitrogens with two attached hydrogens (primary N) is 1. The Bertz CT molecular complexity index is 649. The highest BCUT2D eigenvalue weighted by atomic mass is 79.9. The number of rotatable bonds is 2. The van der Waals surface area contributed by atoms with Crippen LogP contribution < -0.4 is 11.1 Å². The number of carbonyl (C=O) groups excluding carboxylic acids is 1. The fraction of sp³-hybridized carbons (Fsp3) is 0. The third-order valence-electron chi connectivity index (χ3n) is 2.45. The van der Waals surface area contributed by atoms with Gasteiger partial charge in [0.15, 0.2) is 0 Å². The second-order valence-corrected chi connectivity index (χ2v) is 6.61. The first-order valence-corrected chi connectivity index (χ1v) is 7.73. The van der Waals surface area contributed by atoms with E-state index < -0.39 is 0 Å². The fourth-order valence-electron chi connectivity index (χ4n) is 1.60. The van der Waals surface area contributed by atoms with E-state index in [1.165, 1.54) is 12.1 Å². The first-order chi connectivity index (χ1) is 9.36. The Balaban J connectivity index is 2.32. The highest BCUT2D eigenvalue weighted by molar-refractivity contribution is 9.11. The summed E-state index contributed by atoms with van der Waals surface area (Å²) < 4.78 is 1.48. The van der Waals surface area contributed by atoms with Crippen molar-refractivity contribution in [3.8, 4) is 0 Å². The number of carbonyl (C=O) groups is 1. The molecule has 7 heteroatoms. The van der Waals surface area contributed by atoms with E-state index in [-0.39, 0.29) is 5.91 Å². The smallest absolute Gasteiger partial charge is 0.255 e. The SMILES string of the molecule is Nc1cc(Br)cc(Br)c1NC(=O)c1cc(Cl)cc(Cl)c1. The summed E-state index contributed by atoms with van der Waals surface area (Å²) in [6, 6.07) is 8.11. The van der Waals surface area contributed by atoms with E-state index in [1.807, 2.05) is 0 Å². The summed E-state index contributed by atoms with van der Waals surface area (Å²) in [5, 5.41) is 3.52. The quantitative estimate of drug-likeness (QED) is 0.621. The van der Waals surface area contributed by atoms with Crippen molar-refractivity contribution in [3.63, 3.8) is 0 Å². The van der Waals surface area contributed by atoms with Gasteiger partial charge >= 0.3 is 0 Å². The van der Waals surface area contributed by atoms with Crippen LogP contribution in [-0.2, 0) is 0 Å². The van der Waals surface area contributed by atoms with Gasteiger partial charge in [-0.25, -0.2) is 0 Å². The second-order valence-electron chi connectivity index (χ2n) is 3.96. The molecule has 0 bridgehead atoms. The molecule has 104 valence electrons. The summed E-state index contributed by atoms with van der Waals surface area (Å²) in [5.41, 5.74) is 7.17. The molecule has 0 radical (unpaired) electrons. The third kappa shape index (κ3) is 3.67. The van der Waals surface area contributed by atoms with Crippen LogP contribution in [0.1, 0.15) is 10.4 Å². The Labute approximate surface area is 142 Å². The molecule has 0 saturated heterocycles. The van der Waals surface area contributed by atoms with Gasteiger partial charge in [-0.15, -0.1) is 0 Å². The van der Waals surface area contributed by atoms with Gasteiger partial charge in [-0.2, -0.15) is 0 Å². The first-order valence-electron chi connectivity index (χ1n) is 5.39. The molecule has 2 aromatic rings.